The smallest absolute Gasteiger partial charge is 0.305 e. The second kappa shape index (κ2) is 10.2. The van der Waals surface area contributed by atoms with Crippen LogP contribution in [0.5, 0.6) is 5.88 Å². The van der Waals surface area contributed by atoms with Gasteiger partial charge in [0.15, 0.2) is 5.65 Å². The first kappa shape index (κ1) is 24.1. The Bertz CT molecular complexity index is 1600. The topological polar surface area (TPSA) is 103 Å². The number of imidazole rings is 1. The molecule has 186 valence electrons. The molecule has 3 aromatic carbocycles. The average Bonchev–Trinajstić information content (AvgIpc) is 3.20. The lowest BCUT2D eigenvalue weighted by Gasteiger charge is -2.09. The van der Waals surface area contributed by atoms with E-state index < -0.39 is 16.4 Å². The van der Waals surface area contributed by atoms with Gasteiger partial charge in [-0.05, 0) is 22.8 Å². The summed E-state index contributed by atoms with van der Waals surface area (Å²) in [4.78, 5) is 19.9. The van der Waals surface area contributed by atoms with Gasteiger partial charge in [-0.25, -0.2) is 9.97 Å². The largest absolute Gasteiger partial charge is 0.493 e. The highest BCUT2D eigenvalue weighted by Crippen LogP contribution is 2.32. The van der Waals surface area contributed by atoms with E-state index in [1.807, 2.05) is 54.6 Å². The molecule has 0 bridgehead atoms. The van der Waals surface area contributed by atoms with E-state index in [2.05, 4.69) is 4.98 Å². The Labute approximate surface area is 211 Å². The van der Waals surface area contributed by atoms with E-state index >= 15 is 4.39 Å². The summed E-state index contributed by atoms with van der Waals surface area (Å²) in [5.74, 6) is -1.09. The molecule has 8 nitrogen and oxygen atoms in total. The summed E-state index contributed by atoms with van der Waals surface area (Å²) >= 11 is 0. The molecule has 0 saturated heterocycles. The van der Waals surface area contributed by atoms with E-state index in [0.29, 0.717) is 36.5 Å². The minimum absolute atomic E-state index is 0.0349. The van der Waals surface area contributed by atoms with Gasteiger partial charge in [-0.15, -0.1) is 0 Å². The summed E-state index contributed by atoms with van der Waals surface area (Å²) in [5, 5.41) is 22.4. The van der Waals surface area contributed by atoms with Gasteiger partial charge in [-0.2, -0.15) is 4.39 Å². The Kier molecular flexibility index (Phi) is 6.61. The number of ether oxygens (including phenoxy) is 1. The first-order valence-corrected chi connectivity index (χ1v) is 11.6. The van der Waals surface area contributed by atoms with Crippen molar-refractivity contribution in [1.29, 1.82) is 0 Å². The first-order valence-electron chi connectivity index (χ1n) is 11.6. The second-order valence-corrected chi connectivity index (χ2v) is 8.64. The van der Waals surface area contributed by atoms with Crippen molar-refractivity contribution in [2.45, 2.75) is 19.4 Å². The van der Waals surface area contributed by atoms with Crippen LogP contribution < -0.4 is 0 Å². The van der Waals surface area contributed by atoms with E-state index in [9.17, 15) is 15.2 Å². The highest BCUT2D eigenvalue weighted by Gasteiger charge is 2.22. The third-order valence-corrected chi connectivity index (χ3v) is 6.06. The molecule has 9 heteroatoms. The van der Waals surface area contributed by atoms with Crippen molar-refractivity contribution >= 4 is 11.3 Å². The molecule has 37 heavy (non-hydrogen) atoms. The summed E-state index contributed by atoms with van der Waals surface area (Å²) in [6, 6.07) is 21.3. The lowest BCUT2D eigenvalue weighted by Crippen LogP contribution is -2.02. The highest BCUT2D eigenvalue weighted by molar-refractivity contribution is 5.66. The van der Waals surface area contributed by atoms with E-state index in [0.717, 1.165) is 22.8 Å². The molecule has 2 aromatic heterocycles. The van der Waals surface area contributed by atoms with Crippen LogP contribution in [0.2, 0.25) is 0 Å². The lowest BCUT2D eigenvalue weighted by atomic mass is 10.1. The van der Waals surface area contributed by atoms with Gasteiger partial charge < -0.3 is 9.84 Å². The normalized spacial score (nSPS) is 11.2. The molecule has 0 spiro atoms. The zero-order chi connectivity index (χ0) is 25.9. The molecule has 0 aliphatic carbocycles. The number of methoxy groups -OCH3 is 1. The van der Waals surface area contributed by atoms with Crippen molar-refractivity contribution in [3.63, 3.8) is 0 Å². The van der Waals surface area contributed by atoms with Gasteiger partial charge in [0.25, 0.3) is 0 Å². The second-order valence-electron chi connectivity index (χ2n) is 8.64. The lowest BCUT2D eigenvalue weighted by molar-refractivity contribution is -0.387. The van der Waals surface area contributed by atoms with Crippen LogP contribution in [0.4, 0.5) is 10.1 Å². The van der Waals surface area contributed by atoms with Crippen LogP contribution >= 0.6 is 0 Å². The Morgan fingerprint density at radius 3 is 2.41 bits per heavy atom. The molecular weight excluding hydrogens is 475 g/mol. The molecule has 0 aliphatic heterocycles. The molecule has 0 saturated carbocycles. The molecule has 0 aliphatic rings. The number of nitrogens with zero attached hydrogens (tertiary/aromatic N) is 4. The Hall–Kier alpha value is -4.63. The monoisotopic (exact) mass is 498 g/mol. The van der Waals surface area contributed by atoms with E-state index in [1.165, 1.54) is 22.7 Å². The predicted molar refractivity (Wildman–Crippen MR) is 136 cm³/mol. The highest BCUT2D eigenvalue weighted by atomic mass is 19.1. The van der Waals surface area contributed by atoms with Crippen LogP contribution in [0.1, 0.15) is 28.1 Å². The number of fused-ring (bicyclic) bond motifs is 1. The maximum atomic E-state index is 15.1. The number of benzene rings is 3. The number of aromatic nitrogens is 3. The van der Waals surface area contributed by atoms with Crippen molar-refractivity contribution in [1.82, 2.24) is 14.4 Å². The maximum absolute atomic E-state index is 15.1. The van der Waals surface area contributed by atoms with Gasteiger partial charge in [0, 0.05) is 37.8 Å². The van der Waals surface area contributed by atoms with E-state index in [1.54, 1.807) is 7.11 Å². The van der Waals surface area contributed by atoms with Gasteiger partial charge in [0.2, 0.25) is 11.7 Å². The Balaban J connectivity index is 1.65. The summed E-state index contributed by atoms with van der Waals surface area (Å²) in [5.41, 5.74) is 3.73. The number of hydrogen-bond acceptors (Lipinski definition) is 6. The average molecular weight is 499 g/mol. The SMILES string of the molecule is COCc1cccc(Cc2nc3c(Cc4ccccc4)nc(-c4cccc([N+](=O)[O-])c4F)cn3c2O)c1. The van der Waals surface area contributed by atoms with Crippen molar-refractivity contribution in [2.24, 2.45) is 0 Å². The number of nitro benzene ring substituents is 1. The minimum Gasteiger partial charge on any atom is -0.493 e. The van der Waals surface area contributed by atoms with E-state index in [4.69, 9.17) is 9.72 Å². The third kappa shape index (κ3) is 4.89. The fourth-order valence-corrected chi connectivity index (χ4v) is 4.35. The van der Waals surface area contributed by atoms with Crippen LogP contribution in [0, 0.1) is 15.9 Å². The number of nitro groups is 1. The number of aromatic hydroxyl groups is 1. The summed E-state index contributed by atoms with van der Waals surface area (Å²) < 4.78 is 21.8. The number of hydrogen-bond donors (Lipinski definition) is 1. The molecular formula is C28H23FN4O4. The standard InChI is InChI=1S/C28H23FN4O4/c1-37-17-20-10-5-9-19(13-20)15-23-28(34)32-16-24(21-11-6-12-25(26(21)29)33(35)36)30-22(27(32)31-23)14-18-7-3-2-4-8-18/h2-13,16,34H,14-15,17H2,1H3. The fraction of sp³-hybridized carbons (Fsp3) is 0.143. The zero-order valence-electron chi connectivity index (χ0n) is 20.0. The molecule has 0 amide bonds. The van der Waals surface area contributed by atoms with Crippen LogP contribution in [0.15, 0.2) is 79.0 Å². The number of rotatable bonds is 8. The zero-order valence-corrected chi connectivity index (χ0v) is 20.0. The first-order chi connectivity index (χ1) is 17.9. The molecule has 0 unspecified atom stereocenters. The van der Waals surface area contributed by atoms with Gasteiger partial charge >= 0.3 is 5.69 Å². The third-order valence-electron chi connectivity index (χ3n) is 6.06. The molecule has 1 N–H and O–H groups in total. The Morgan fingerprint density at radius 2 is 1.65 bits per heavy atom. The summed E-state index contributed by atoms with van der Waals surface area (Å²) in [7, 11) is 1.63. The van der Waals surface area contributed by atoms with Crippen LogP contribution in [-0.4, -0.2) is 31.5 Å². The van der Waals surface area contributed by atoms with Crippen LogP contribution in [-0.2, 0) is 24.2 Å². The number of halogens is 1. The Morgan fingerprint density at radius 1 is 0.946 bits per heavy atom. The van der Waals surface area contributed by atoms with Crippen LogP contribution in [0.25, 0.3) is 16.9 Å². The van der Waals surface area contributed by atoms with Crippen molar-refractivity contribution in [3.05, 3.63) is 123 Å². The molecule has 0 radical (unpaired) electrons. The van der Waals surface area contributed by atoms with Gasteiger partial charge in [-0.1, -0.05) is 60.7 Å². The van der Waals surface area contributed by atoms with Crippen molar-refractivity contribution < 1.29 is 19.2 Å². The van der Waals surface area contributed by atoms with Gasteiger partial charge in [0.1, 0.15) is 5.69 Å². The summed E-state index contributed by atoms with van der Waals surface area (Å²) in [6.07, 6.45) is 2.18. The molecule has 0 atom stereocenters. The maximum Gasteiger partial charge on any atom is 0.305 e. The molecule has 5 rings (SSSR count). The van der Waals surface area contributed by atoms with Crippen LogP contribution in [0.3, 0.4) is 0 Å². The van der Waals surface area contributed by atoms with E-state index in [-0.39, 0.29) is 17.1 Å². The molecule has 2 heterocycles. The predicted octanol–water partition coefficient (Wildman–Crippen LogP) is 5.48. The molecule has 0 fully saturated rings. The quantitative estimate of drug-likeness (QED) is 0.225. The van der Waals surface area contributed by atoms with Gasteiger partial charge in [0.05, 0.1) is 22.9 Å². The van der Waals surface area contributed by atoms with Crippen molar-refractivity contribution in [3.8, 4) is 17.1 Å². The molecule has 5 aromatic rings. The van der Waals surface area contributed by atoms with Gasteiger partial charge in [-0.3, -0.25) is 14.5 Å². The fourth-order valence-electron chi connectivity index (χ4n) is 4.35. The van der Waals surface area contributed by atoms with Crippen molar-refractivity contribution in [2.75, 3.05) is 7.11 Å². The summed E-state index contributed by atoms with van der Waals surface area (Å²) in [6.45, 7) is 0.467. The minimum atomic E-state index is -0.986.